The molecule has 3 aromatic rings. The Kier molecular flexibility index (Phi) is 14.4. The number of halogens is 3. The highest BCUT2D eigenvalue weighted by atomic mass is 35.5. The average molecular weight is 503 g/mol. The van der Waals surface area contributed by atoms with Gasteiger partial charge in [0.15, 0.2) is 0 Å². The number of hydrogen-bond acceptors (Lipinski definition) is 4. The van der Waals surface area contributed by atoms with Crippen LogP contribution in [0.1, 0.15) is 33.3 Å². The lowest BCUT2D eigenvalue weighted by molar-refractivity contribution is 0.292. The third kappa shape index (κ3) is 7.45. The number of rotatable bonds is 11. The predicted molar refractivity (Wildman–Crippen MR) is 147 cm³/mol. The van der Waals surface area contributed by atoms with Crippen molar-refractivity contribution >= 4 is 59.9 Å². The molecule has 0 unspecified atom stereocenters. The summed E-state index contributed by atoms with van der Waals surface area (Å²) in [7, 11) is 0. The molecule has 0 atom stereocenters. The number of anilines is 2. The van der Waals surface area contributed by atoms with E-state index in [-0.39, 0.29) is 37.2 Å². The van der Waals surface area contributed by atoms with Gasteiger partial charge >= 0.3 is 0 Å². The number of nitrogens with zero attached hydrogens (tertiary/aromatic N) is 4. The SMILES string of the molecule is CCN(CC)CCn1c(NCc2ccc(N(CC)CC)cc2)nc2ccccc21.Cl.Cl.Cl. The fraction of sp³-hybridized carbons (Fsp3) is 0.458. The normalized spacial score (nSPS) is 10.3. The number of nitrogens with one attached hydrogen (secondary N) is 1. The number of aromatic nitrogens is 2. The monoisotopic (exact) mass is 501 g/mol. The molecule has 0 radical (unpaired) electrons. The quantitative estimate of drug-likeness (QED) is 0.343. The van der Waals surface area contributed by atoms with Crippen LogP contribution in [0.5, 0.6) is 0 Å². The molecule has 1 aromatic heterocycles. The number of benzene rings is 2. The molecular formula is C24H38Cl3N5. The Hall–Kier alpha value is -1.66. The van der Waals surface area contributed by atoms with Gasteiger partial charge in [0.25, 0.3) is 0 Å². The van der Waals surface area contributed by atoms with Crippen LogP contribution in [0.4, 0.5) is 11.6 Å². The summed E-state index contributed by atoms with van der Waals surface area (Å²) >= 11 is 0. The van der Waals surface area contributed by atoms with Gasteiger partial charge in [-0.05, 0) is 56.8 Å². The highest BCUT2D eigenvalue weighted by Gasteiger charge is 2.11. The highest BCUT2D eigenvalue weighted by molar-refractivity contribution is 5.86. The van der Waals surface area contributed by atoms with Crippen molar-refractivity contribution in [1.82, 2.24) is 14.5 Å². The molecule has 0 aliphatic rings. The van der Waals surface area contributed by atoms with Gasteiger partial charge in [0.05, 0.1) is 11.0 Å². The molecule has 0 saturated carbocycles. The third-order valence-corrected chi connectivity index (χ3v) is 5.70. The highest BCUT2D eigenvalue weighted by Crippen LogP contribution is 2.21. The lowest BCUT2D eigenvalue weighted by Crippen LogP contribution is -2.27. The molecule has 8 heteroatoms. The number of hydrogen-bond donors (Lipinski definition) is 1. The molecule has 0 spiro atoms. The van der Waals surface area contributed by atoms with Gasteiger partial charge in [-0.1, -0.05) is 38.1 Å². The average Bonchev–Trinajstić information content (AvgIpc) is 3.12. The Morgan fingerprint density at radius 1 is 0.812 bits per heavy atom. The Morgan fingerprint density at radius 2 is 1.44 bits per heavy atom. The van der Waals surface area contributed by atoms with Crippen LogP contribution in [0.2, 0.25) is 0 Å². The minimum Gasteiger partial charge on any atom is -0.372 e. The zero-order chi connectivity index (χ0) is 20.6. The maximum atomic E-state index is 4.85. The van der Waals surface area contributed by atoms with Gasteiger partial charge in [-0.25, -0.2) is 4.98 Å². The first-order valence-corrected chi connectivity index (χ1v) is 10.9. The van der Waals surface area contributed by atoms with E-state index in [0.29, 0.717) is 0 Å². The Balaban J connectivity index is 0.00000320. The second kappa shape index (κ2) is 15.2. The van der Waals surface area contributed by atoms with Crippen LogP contribution in [0, 0.1) is 0 Å². The van der Waals surface area contributed by atoms with E-state index in [0.717, 1.165) is 57.3 Å². The van der Waals surface area contributed by atoms with Crippen LogP contribution in [-0.2, 0) is 13.1 Å². The molecule has 32 heavy (non-hydrogen) atoms. The van der Waals surface area contributed by atoms with Crippen molar-refractivity contribution in [1.29, 1.82) is 0 Å². The van der Waals surface area contributed by atoms with Crippen LogP contribution in [0.15, 0.2) is 48.5 Å². The summed E-state index contributed by atoms with van der Waals surface area (Å²) in [5.74, 6) is 0.950. The lowest BCUT2D eigenvalue weighted by Gasteiger charge is -2.21. The molecular weight excluding hydrogens is 465 g/mol. The molecule has 0 aliphatic carbocycles. The fourth-order valence-corrected chi connectivity index (χ4v) is 3.81. The largest absolute Gasteiger partial charge is 0.372 e. The first kappa shape index (κ1) is 30.3. The molecule has 2 aromatic carbocycles. The maximum absolute atomic E-state index is 4.85. The minimum atomic E-state index is 0. The summed E-state index contributed by atoms with van der Waals surface area (Å²) in [6.45, 7) is 15.8. The van der Waals surface area contributed by atoms with Crippen molar-refractivity contribution in [2.45, 2.75) is 40.8 Å². The van der Waals surface area contributed by atoms with E-state index >= 15 is 0 Å². The Bertz CT molecular complexity index is 890. The summed E-state index contributed by atoms with van der Waals surface area (Å²) in [5, 5.41) is 3.58. The molecule has 5 nitrogen and oxygen atoms in total. The van der Waals surface area contributed by atoms with Crippen molar-refractivity contribution in [3.05, 3.63) is 54.1 Å². The first-order chi connectivity index (χ1) is 14.2. The number of imidazole rings is 1. The standard InChI is InChI=1S/C24H35N5.3ClH/c1-5-27(6-2)17-18-29-23-12-10-9-11-22(23)26-24(29)25-19-20-13-15-21(16-14-20)28(7-3)8-4;;;/h9-16H,5-8,17-19H2,1-4H3,(H,25,26);3*1H. The van der Waals surface area contributed by atoms with Crippen molar-refractivity contribution in [2.24, 2.45) is 0 Å². The molecule has 1 heterocycles. The zero-order valence-electron chi connectivity index (χ0n) is 19.6. The summed E-state index contributed by atoms with van der Waals surface area (Å²) in [5.41, 5.74) is 4.79. The molecule has 0 bridgehead atoms. The molecule has 0 amide bonds. The van der Waals surface area contributed by atoms with E-state index in [1.807, 2.05) is 0 Å². The van der Waals surface area contributed by atoms with Crippen molar-refractivity contribution in [3.8, 4) is 0 Å². The van der Waals surface area contributed by atoms with Gasteiger partial charge in [0.1, 0.15) is 0 Å². The van der Waals surface area contributed by atoms with Crippen LogP contribution < -0.4 is 10.2 Å². The van der Waals surface area contributed by atoms with Gasteiger partial charge in [-0.3, -0.25) is 0 Å². The topological polar surface area (TPSA) is 36.3 Å². The zero-order valence-corrected chi connectivity index (χ0v) is 22.0. The second-order valence-electron chi connectivity index (χ2n) is 7.29. The molecule has 0 saturated heterocycles. The summed E-state index contributed by atoms with van der Waals surface area (Å²) < 4.78 is 2.32. The molecule has 0 aliphatic heterocycles. The van der Waals surface area contributed by atoms with Crippen LogP contribution >= 0.6 is 37.2 Å². The fourth-order valence-electron chi connectivity index (χ4n) is 3.81. The summed E-state index contributed by atoms with van der Waals surface area (Å²) in [6.07, 6.45) is 0. The molecule has 3 rings (SSSR count). The summed E-state index contributed by atoms with van der Waals surface area (Å²) in [4.78, 5) is 9.67. The molecule has 1 N–H and O–H groups in total. The maximum Gasteiger partial charge on any atom is 0.204 e. The molecule has 180 valence electrons. The van der Waals surface area contributed by atoms with Crippen molar-refractivity contribution in [2.75, 3.05) is 42.9 Å². The first-order valence-electron chi connectivity index (χ1n) is 10.9. The van der Waals surface area contributed by atoms with Gasteiger partial charge in [-0.2, -0.15) is 0 Å². The van der Waals surface area contributed by atoms with E-state index in [9.17, 15) is 0 Å². The van der Waals surface area contributed by atoms with Crippen LogP contribution in [0.25, 0.3) is 11.0 Å². The van der Waals surface area contributed by atoms with E-state index in [4.69, 9.17) is 4.98 Å². The smallest absolute Gasteiger partial charge is 0.204 e. The van der Waals surface area contributed by atoms with E-state index in [1.54, 1.807) is 0 Å². The van der Waals surface area contributed by atoms with Crippen LogP contribution in [0.3, 0.4) is 0 Å². The molecule has 0 fully saturated rings. The van der Waals surface area contributed by atoms with Gasteiger partial charge in [0, 0.05) is 38.4 Å². The predicted octanol–water partition coefficient (Wildman–Crippen LogP) is 6.10. The van der Waals surface area contributed by atoms with Gasteiger partial charge < -0.3 is 19.7 Å². The van der Waals surface area contributed by atoms with Gasteiger partial charge in [0.2, 0.25) is 5.95 Å². The Labute approximate surface area is 211 Å². The Morgan fingerprint density at radius 3 is 2.03 bits per heavy atom. The van der Waals surface area contributed by atoms with E-state index in [1.165, 1.54) is 16.8 Å². The third-order valence-electron chi connectivity index (χ3n) is 5.70. The number of fused-ring (bicyclic) bond motifs is 1. The van der Waals surface area contributed by atoms with Crippen LogP contribution in [-0.4, -0.2) is 47.2 Å². The second-order valence-corrected chi connectivity index (χ2v) is 7.29. The minimum absolute atomic E-state index is 0. The van der Waals surface area contributed by atoms with Crippen molar-refractivity contribution in [3.63, 3.8) is 0 Å². The van der Waals surface area contributed by atoms with Crippen molar-refractivity contribution < 1.29 is 0 Å². The number of para-hydroxylation sites is 2. The van der Waals surface area contributed by atoms with E-state index < -0.39 is 0 Å². The van der Waals surface area contributed by atoms with Gasteiger partial charge in [-0.15, -0.1) is 37.2 Å². The summed E-state index contributed by atoms with van der Waals surface area (Å²) in [6, 6.07) is 17.3. The lowest BCUT2D eigenvalue weighted by atomic mass is 10.2. The number of likely N-dealkylation sites (N-methyl/N-ethyl adjacent to an activating group) is 1. The van der Waals surface area contributed by atoms with E-state index in [2.05, 4.69) is 95.9 Å².